The zero-order valence-electron chi connectivity index (χ0n) is 9.81. The Balaban J connectivity index is 2.35. The zero-order chi connectivity index (χ0) is 13.8. The molecule has 0 amide bonds. The first-order valence-electron chi connectivity index (χ1n) is 5.38. The predicted molar refractivity (Wildman–Crippen MR) is 68.5 cm³/mol. The first-order valence-corrected chi connectivity index (χ1v) is 5.38. The summed E-state index contributed by atoms with van der Waals surface area (Å²) in [4.78, 5) is 21.7. The fraction of sp³-hybridized carbons (Fsp3) is 0.0909. The van der Waals surface area contributed by atoms with E-state index in [0.717, 1.165) is 0 Å². The summed E-state index contributed by atoms with van der Waals surface area (Å²) in [6, 6.07) is 7.33. The van der Waals surface area contributed by atoms with Gasteiger partial charge in [-0.15, -0.1) is 0 Å². The van der Waals surface area contributed by atoms with E-state index in [1.54, 1.807) is 12.1 Å². The first kappa shape index (κ1) is 12.7. The van der Waals surface area contributed by atoms with Crippen LogP contribution in [0.2, 0.25) is 0 Å². The molecule has 1 heterocycles. The molecule has 0 atom stereocenters. The summed E-state index contributed by atoms with van der Waals surface area (Å²) in [5.41, 5.74) is 2.76. The van der Waals surface area contributed by atoms with Crippen molar-refractivity contribution >= 4 is 11.4 Å². The van der Waals surface area contributed by atoms with Crippen LogP contribution < -0.4 is 16.8 Å². The Labute approximate surface area is 107 Å². The Morgan fingerprint density at radius 3 is 2.84 bits per heavy atom. The number of hydrazine groups is 1. The molecule has 1 aromatic heterocycles. The number of benzene rings is 1. The van der Waals surface area contributed by atoms with E-state index in [0.29, 0.717) is 5.56 Å². The van der Waals surface area contributed by atoms with Gasteiger partial charge in [0.1, 0.15) is 5.69 Å². The van der Waals surface area contributed by atoms with Crippen molar-refractivity contribution in [3.05, 3.63) is 62.6 Å². The lowest BCUT2D eigenvalue weighted by molar-refractivity contribution is -0.384. The number of nitro groups is 1. The molecule has 98 valence electrons. The molecule has 1 aromatic carbocycles. The van der Waals surface area contributed by atoms with Crippen molar-refractivity contribution in [1.29, 1.82) is 0 Å². The molecule has 3 N–H and O–H groups in total. The van der Waals surface area contributed by atoms with Crippen LogP contribution in [-0.2, 0) is 6.54 Å². The topological polar surface area (TPSA) is 116 Å². The fourth-order valence-corrected chi connectivity index (χ4v) is 1.64. The highest BCUT2D eigenvalue weighted by atomic mass is 16.6. The number of aromatic nitrogens is 2. The number of nitrogens with one attached hydrogen (secondary N) is 1. The summed E-state index contributed by atoms with van der Waals surface area (Å²) in [5, 5.41) is 14.7. The van der Waals surface area contributed by atoms with Crippen molar-refractivity contribution in [2.75, 3.05) is 5.43 Å². The molecule has 0 fully saturated rings. The summed E-state index contributed by atoms with van der Waals surface area (Å²) in [6.07, 6.45) is 1.49. The highest BCUT2D eigenvalue weighted by molar-refractivity contribution is 5.62. The second-order valence-corrected chi connectivity index (χ2v) is 3.77. The van der Waals surface area contributed by atoms with Crippen LogP contribution in [0.5, 0.6) is 0 Å². The van der Waals surface area contributed by atoms with Crippen LogP contribution in [0, 0.1) is 10.1 Å². The highest BCUT2D eigenvalue weighted by Gasteiger charge is 2.13. The van der Waals surface area contributed by atoms with Gasteiger partial charge in [-0.05, 0) is 17.7 Å². The van der Waals surface area contributed by atoms with E-state index in [-0.39, 0.29) is 23.5 Å². The van der Waals surface area contributed by atoms with Gasteiger partial charge in [0.2, 0.25) is 0 Å². The smallest absolute Gasteiger partial charge is 0.293 e. The van der Waals surface area contributed by atoms with Crippen molar-refractivity contribution < 1.29 is 4.92 Å². The Morgan fingerprint density at radius 2 is 2.21 bits per heavy atom. The van der Waals surface area contributed by atoms with Crippen LogP contribution in [0.3, 0.4) is 0 Å². The van der Waals surface area contributed by atoms with Gasteiger partial charge in [-0.2, -0.15) is 5.10 Å². The first-order chi connectivity index (χ1) is 9.11. The van der Waals surface area contributed by atoms with Gasteiger partial charge in [-0.25, -0.2) is 4.68 Å². The number of nitrogens with two attached hydrogens (primary N) is 1. The lowest BCUT2D eigenvalue weighted by Gasteiger charge is -2.07. The number of nitrogens with zero attached hydrogens (tertiary/aromatic N) is 3. The number of nitrogen functional groups attached to an aromatic ring is 1. The second-order valence-electron chi connectivity index (χ2n) is 3.77. The van der Waals surface area contributed by atoms with Gasteiger partial charge in [0.15, 0.2) is 0 Å². The molecule has 0 radical (unpaired) electrons. The number of nitro benzene ring substituents is 1. The molecule has 0 saturated heterocycles. The predicted octanol–water partition coefficient (Wildman–Crippen LogP) is 0.485. The molecule has 8 heteroatoms. The minimum absolute atomic E-state index is 0.125. The van der Waals surface area contributed by atoms with Gasteiger partial charge in [0.25, 0.3) is 11.2 Å². The number of anilines is 1. The van der Waals surface area contributed by atoms with E-state index >= 15 is 0 Å². The molecule has 8 nitrogen and oxygen atoms in total. The minimum atomic E-state index is -0.536. The summed E-state index contributed by atoms with van der Waals surface area (Å²) in [7, 11) is 0. The maximum Gasteiger partial charge on any atom is 0.293 e. The quantitative estimate of drug-likeness (QED) is 0.470. The van der Waals surface area contributed by atoms with Crippen molar-refractivity contribution in [2.45, 2.75) is 6.54 Å². The van der Waals surface area contributed by atoms with Crippen molar-refractivity contribution in [2.24, 2.45) is 5.84 Å². The van der Waals surface area contributed by atoms with Gasteiger partial charge in [0, 0.05) is 18.3 Å². The Hall–Kier alpha value is -2.74. The van der Waals surface area contributed by atoms with Crippen LogP contribution in [-0.4, -0.2) is 14.7 Å². The van der Waals surface area contributed by atoms with Crippen LogP contribution >= 0.6 is 0 Å². The van der Waals surface area contributed by atoms with Crippen LogP contribution in [0.1, 0.15) is 5.56 Å². The Morgan fingerprint density at radius 1 is 1.42 bits per heavy atom. The second kappa shape index (κ2) is 5.27. The highest BCUT2D eigenvalue weighted by Crippen LogP contribution is 2.24. The molecule has 0 saturated carbocycles. The third-order valence-corrected chi connectivity index (χ3v) is 2.53. The lowest BCUT2D eigenvalue weighted by atomic mass is 10.1. The van der Waals surface area contributed by atoms with E-state index in [4.69, 9.17) is 5.84 Å². The average Bonchev–Trinajstić information content (AvgIpc) is 2.41. The van der Waals surface area contributed by atoms with E-state index in [2.05, 4.69) is 10.5 Å². The standard InChI is InChI=1S/C11H11N5O3/c12-14-9-6-8(3-4-10(9)16(18)19)7-15-11(17)2-1-5-13-15/h1-6,14H,7,12H2. The summed E-state index contributed by atoms with van der Waals surface area (Å²) >= 11 is 0. The van der Waals surface area contributed by atoms with Crippen LogP contribution in [0.15, 0.2) is 41.3 Å². The molecule has 0 aliphatic heterocycles. The van der Waals surface area contributed by atoms with Crippen LogP contribution in [0.4, 0.5) is 11.4 Å². The molecular formula is C11H11N5O3. The summed E-state index contributed by atoms with van der Waals surface area (Å²) in [6.45, 7) is 0.215. The van der Waals surface area contributed by atoms with Gasteiger partial charge in [0.05, 0.1) is 11.5 Å². The van der Waals surface area contributed by atoms with E-state index < -0.39 is 4.92 Å². The molecule has 0 aliphatic rings. The molecular weight excluding hydrogens is 250 g/mol. The molecule has 0 bridgehead atoms. The molecule has 0 unspecified atom stereocenters. The SMILES string of the molecule is NNc1cc(Cn2ncccc2=O)ccc1[N+](=O)[O-]. The average molecular weight is 261 g/mol. The molecule has 2 rings (SSSR count). The Kier molecular flexibility index (Phi) is 3.53. The van der Waals surface area contributed by atoms with E-state index in [9.17, 15) is 14.9 Å². The Bertz CT molecular complexity index is 667. The molecule has 0 aliphatic carbocycles. The molecule has 0 spiro atoms. The van der Waals surface area contributed by atoms with Gasteiger partial charge in [-0.3, -0.25) is 20.8 Å². The largest absolute Gasteiger partial charge is 0.318 e. The zero-order valence-corrected chi connectivity index (χ0v) is 9.81. The van der Waals surface area contributed by atoms with Gasteiger partial charge < -0.3 is 5.43 Å². The van der Waals surface area contributed by atoms with Crippen molar-refractivity contribution in [3.8, 4) is 0 Å². The summed E-state index contributed by atoms with van der Waals surface area (Å²) in [5.74, 6) is 5.24. The maximum absolute atomic E-state index is 11.5. The number of hydrogen-bond donors (Lipinski definition) is 2. The fourth-order valence-electron chi connectivity index (χ4n) is 1.64. The maximum atomic E-state index is 11.5. The lowest BCUT2D eigenvalue weighted by Crippen LogP contribution is -2.21. The third kappa shape index (κ3) is 2.75. The minimum Gasteiger partial charge on any atom is -0.318 e. The summed E-state index contributed by atoms with van der Waals surface area (Å²) < 4.78 is 1.25. The van der Waals surface area contributed by atoms with Crippen LogP contribution in [0.25, 0.3) is 0 Å². The molecule has 2 aromatic rings. The van der Waals surface area contributed by atoms with E-state index in [1.165, 1.54) is 29.1 Å². The normalized spacial score (nSPS) is 10.2. The van der Waals surface area contributed by atoms with Crippen molar-refractivity contribution in [3.63, 3.8) is 0 Å². The number of rotatable bonds is 4. The monoisotopic (exact) mass is 261 g/mol. The van der Waals surface area contributed by atoms with Gasteiger partial charge >= 0.3 is 0 Å². The van der Waals surface area contributed by atoms with Crippen molar-refractivity contribution in [1.82, 2.24) is 9.78 Å². The van der Waals surface area contributed by atoms with Gasteiger partial charge in [-0.1, -0.05) is 6.07 Å². The third-order valence-electron chi connectivity index (χ3n) is 2.53. The molecule has 19 heavy (non-hydrogen) atoms. The van der Waals surface area contributed by atoms with E-state index in [1.807, 2.05) is 0 Å². The number of hydrogen-bond acceptors (Lipinski definition) is 6.